The molecule has 1 heterocycles. The van der Waals surface area contributed by atoms with Crippen molar-refractivity contribution >= 4 is 17.2 Å². The van der Waals surface area contributed by atoms with Crippen LogP contribution in [0.5, 0.6) is 0 Å². The number of nitrogens with zero attached hydrogens (tertiary/aromatic N) is 1. The molecular formula is C20H21NO. The van der Waals surface area contributed by atoms with Gasteiger partial charge in [-0.3, -0.25) is 4.79 Å². The Labute approximate surface area is 132 Å². The van der Waals surface area contributed by atoms with Gasteiger partial charge in [0.1, 0.15) is 0 Å². The van der Waals surface area contributed by atoms with Crippen molar-refractivity contribution in [3.8, 4) is 0 Å². The molecule has 2 aromatic carbocycles. The summed E-state index contributed by atoms with van der Waals surface area (Å²) < 4.78 is 0. The first-order valence-corrected chi connectivity index (χ1v) is 7.66. The van der Waals surface area contributed by atoms with Gasteiger partial charge < -0.3 is 4.90 Å². The van der Waals surface area contributed by atoms with Crippen LogP contribution in [0, 0.1) is 0 Å². The summed E-state index contributed by atoms with van der Waals surface area (Å²) in [6.07, 6.45) is 2.48. The fourth-order valence-corrected chi connectivity index (χ4v) is 3.05. The van der Waals surface area contributed by atoms with Crippen molar-refractivity contribution < 1.29 is 4.79 Å². The quantitative estimate of drug-likeness (QED) is 0.748. The van der Waals surface area contributed by atoms with Crippen LogP contribution in [0.25, 0.3) is 5.57 Å². The lowest BCUT2D eigenvalue weighted by molar-refractivity contribution is -0.118. The molecular weight excluding hydrogens is 270 g/mol. The zero-order chi connectivity index (χ0) is 15.7. The fourth-order valence-electron chi connectivity index (χ4n) is 3.05. The van der Waals surface area contributed by atoms with Crippen molar-refractivity contribution in [2.24, 2.45) is 0 Å². The second-order valence-electron chi connectivity index (χ2n) is 6.61. The average Bonchev–Trinajstić information content (AvgIpc) is 2.63. The topological polar surface area (TPSA) is 20.3 Å². The number of benzene rings is 2. The molecule has 1 aliphatic heterocycles. The number of anilines is 1. The number of rotatable bonds is 1. The van der Waals surface area contributed by atoms with E-state index in [0.717, 1.165) is 22.4 Å². The van der Waals surface area contributed by atoms with Crippen LogP contribution in [0.1, 0.15) is 38.3 Å². The lowest BCUT2D eigenvalue weighted by Gasteiger charge is -2.36. The van der Waals surface area contributed by atoms with Crippen molar-refractivity contribution in [3.05, 3.63) is 71.8 Å². The summed E-state index contributed by atoms with van der Waals surface area (Å²) in [7, 11) is 0. The molecule has 2 aromatic rings. The third-order valence-corrected chi connectivity index (χ3v) is 3.92. The summed E-state index contributed by atoms with van der Waals surface area (Å²) in [5, 5.41) is 0. The zero-order valence-corrected chi connectivity index (χ0v) is 13.3. The molecule has 112 valence electrons. The molecule has 3 rings (SSSR count). The standard InChI is InChI=1S/C20H21NO/c1-20(2,3)21-18-12-8-7-11-17(18)16(13-14-19(21)22)15-9-5-4-6-10-15/h4-13H,14H2,1-3H3. The smallest absolute Gasteiger partial charge is 0.231 e. The van der Waals surface area contributed by atoms with E-state index in [-0.39, 0.29) is 11.4 Å². The Balaban J connectivity index is 2.21. The van der Waals surface area contributed by atoms with E-state index in [1.54, 1.807) is 0 Å². The van der Waals surface area contributed by atoms with Crippen LogP contribution in [0.2, 0.25) is 0 Å². The maximum Gasteiger partial charge on any atom is 0.231 e. The summed E-state index contributed by atoms with van der Waals surface area (Å²) in [6.45, 7) is 6.24. The first-order chi connectivity index (χ1) is 10.5. The second kappa shape index (κ2) is 5.45. The monoisotopic (exact) mass is 291 g/mol. The Morgan fingerprint density at radius 3 is 2.23 bits per heavy atom. The van der Waals surface area contributed by atoms with Crippen LogP contribution in [0.3, 0.4) is 0 Å². The van der Waals surface area contributed by atoms with Gasteiger partial charge >= 0.3 is 0 Å². The van der Waals surface area contributed by atoms with E-state index in [9.17, 15) is 4.79 Å². The van der Waals surface area contributed by atoms with Gasteiger partial charge in [0.15, 0.2) is 0 Å². The van der Waals surface area contributed by atoms with E-state index in [1.165, 1.54) is 0 Å². The summed E-state index contributed by atoms with van der Waals surface area (Å²) in [4.78, 5) is 14.6. The number of amides is 1. The maximum atomic E-state index is 12.7. The zero-order valence-electron chi connectivity index (χ0n) is 13.3. The first kappa shape index (κ1) is 14.6. The van der Waals surface area contributed by atoms with Gasteiger partial charge in [-0.15, -0.1) is 0 Å². The number of para-hydroxylation sites is 1. The third kappa shape index (κ3) is 2.57. The van der Waals surface area contributed by atoms with Gasteiger partial charge in [-0.05, 0) is 38.0 Å². The molecule has 0 saturated carbocycles. The van der Waals surface area contributed by atoms with E-state index in [1.807, 2.05) is 41.3 Å². The van der Waals surface area contributed by atoms with Crippen LogP contribution in [-0.4, -0.2) is 11.4 Å². The molecule has 22 heavy (non-hydrogen) atoms. The highest BCUT2D eigenvalue weighted by Gasteiger charge is 2.31. The molecule has 0 saturated heterocycles. The predicted molar refractivity (Wildman–Crippen MR) is 91.8 cm³/mol. The highest BCUT2D eigenvalue weighted by atomic mass is 16.2. The molecule has 0 aliphatic carbocycles. The van der Waals surface area contributed by atoms with Crippen molar-refractivity contribution in [2.45, 2.75) is 32.7 Å². The van der Waals surface area contributed by atoms with Gasteiger partial charge in [0.2, 0.25) is 5.91 Å². The van der Waals surface area contributed by atoms with E-state index in [4.69, 9.17) is 0 Å². The van der Waals surface area contributed by atoms with Gasteiger partial charge in [0.25, 0.3) is 0 Å². The van der Waals surface area contributed by atoms with Gasteiger partial charge in [0, 0.05) is 17.5 Å². The molecule has 0 N–H and O–H groups in total. The van der Waals surface area contributed by atoms with Crippen LogP contribution >= 0.6 is 0 Å². The molecule has 1 amide bonds. The maximum absolute atomic E-state index is 12.7. The number of fused-ring (bicyclic) bond motifs is 1. The van der Waals surface area contributed by atoms with Gasteiger partial charge in [-0.2, -0.15) is 0 Å². The minimum atomic E-state index is -0.243. The number of hydrogen-bond acceptors (Lipinski definition) is 1. The van der Waals surface area contributed by atoms with E-state index < -0.39 is 0 Å². The van der Waals surface area contributed by atoms with Crippen LogP contribution in [-0.2, 0) is 4.79 Å². The van der Waals surface area contributed by atoms with Crippen molar-refractivity contribution in [3.63, 3.8) is 0 Å². The first-order valence-electron chi connectivity index (χ1n) is 7.66. The van der Waals surface area contributed by atoms with Crippen molar-refractivity contribution in [1.29, 1.82) is 0 Å². The molecule has 0 radical (unpaired) electrons. The molecule has 0 unspecified atom stereocenters. The van der Waals surface area contributed by atoms with Gasteiger partial charge in [0.05, 0.1) is 5.69 Å². The van der Waals surface area contributed by atoms with Crippen molar-refractivity contribution in [2.75, 3.05) is 4.90 Å². The predicted octanol–water partition coefficient (Wildman–Crippen LogP) is 4.65. The van der Waals surface area contributed by atoms with Gasteiger partial charge in [-0.25, -0.2) is 0 Å². The number of hydrogen-bond donors (Lipinski definition) is 0. The van der Waals surface area contributed by atoms with Crippen molar-refractivity contribution in [1.82, 2.24) is 0 Å². The minimum Gasteiger partial charge on any atom is -0.306 e. The highest BCUT2D eigenvalue weighted by molar-refractivity contribution is 6.03. The Morgan fingerprint density at radius 2 is 1.55 bits per heavy atom. The van der Waals surface area contributed by atoms with E-state index in [2.05, 4.69) is 45.0 Å². The molecule has 1 aliphatic rings. The largest absolute Gasteiger partial charge is 0.306 e. The van der Waals surface area contributed by atoms with E-state index >= 15 is 0 Å². The molecule has 0 spiro atoms. The normalized spacial score (nSPS) is 15.1. The summed E-state index contributed by atoms with van der Waals surface area (Å²) in [6, 6.07) is 18.5. The number of carbonyl (C=O) groups excluding carboxylic acids is 1. The Kier molecular flexibility index (Phi) is 3.61. The second-order valence-corrected chi connectivity index (χ2v) is 6.61. The van der Waals surface area contributed by atoms with Gasteiger partial charge in [-0.1, -0.05) is 54.6 Å². The summed E-state index contributed by atoms with van der Waals surface area (Å²) in [5.74, 6) is 0.144. The average molecular weight is 291 g/mol. The molecule has 2 heteroatoms. The Morgan fingerprint density at radius 1 is 0.909 bits per heavy atom. The van der Waals surface area contributed by atoms with E-state index in [0.29, 0.717) is 6.42 Å². The summed E-state index contributed by atoms with van der Waals surface area (Å²) >= 11 is 0. The highest BCUT2D eigenvalue weighted by Crippen LogP contribution is 2.37. The summed E-state index contributed by atoms with van der Waals surface area (Å²) in [5.41, 5.74) is 4.16. The van der Waals surface area contributed by atoms with Crippen LogP contribution < -0.4 is 4.90 Å². The molecule has 0 fully saturated rings. The van der Waals surface area contributed by atoms with Crippen LogP contribution in [0.15, 0.2) is 60.7 Å². The lowest BCUT2D eigenvalue weighted by Crippen LogP contribution is -2.45. The molecule has 2 nitrogen and oxygen atoms in total. The minimum absolute atomic E-state index is 0.144. The fraction of sp³-hybridized carbons (Fsp3) is 0.250. The lowest BCUT2D eigenvalue weighted by atomic mass is 9.95. The third-order valence-electron chi connectivity index (χ3n) is 3.92. The molecule has 0 aromatic heterocycles. The Hall–Kier alpha value is -2.35. The molecule has 0 bridgehead atoms. The SMILES string of the molecule is CC(C)(C)N1C(=O)CC=C(c2ccccc2)c2ccccc21. The number of carbonyl (C=O) groups is 1. The van der Waals surface area contributed by atoms with Crippen LogP contribution in [0.4, 0.5) is 5.69 Å². The molecule has 0 atom stereocenters. The Bertz CT molecular complexity index is 723.